The van der Waals surface area contributed by atoms with Gasteiger partial charge in [-0.05, 0) is 31.8 Å². The molecule has 1 aliphatic rings. The molecule has 0 N–H and O–H groups in total. The van der Waals surface area contributed by atoms with Crippen LogP contribution >= 0.6 is 21.8 Å². The second-order valence-corrected chi connectivity index (χ2v) is 4.69. The number of rotatable bonds is 1. The van der Waals surface area contributed by atoms with Gasteiger partial charge in [0.15, 0.2) is 0 Å². The Kier molecular flexibility index (Phi) is 2.12. The maximum atomic E-state index is 2.39. The normalized spacial score (nSPS) is 30.8. The summed E-state index contributed by atoms with van der Waals surface area (Å²) in [5.74, 6) is 0. The molecule has 0 aromatic carbocycles. The molecular weight excluding hydrogens is 138 g/mol. The highest BCUT2D eigenvalue weighted by Crippen LogP contribution is 2.46. The van der Waals surface area contributed by atoms with Crippen molar-refractivity contribution in [3.05, 3.63) is 0 Å². The van der Waals surface area contributed by atoms with Crippen molar-refractivity contribution in [2.45, 2.75) is 32.2 Å². The van der Waals surface area contributed by atoms with Gasteiger partial charge in [0.2, 0.25) is 0 Å². The molecule has 1 saturated heterocycles. The van der Waals surface area contributed by atoms with Crippen LogP contribution in [0, 0.1) is 0 Å². The average Bonchev–Trinajstić information content (AvgIpc) is 1.61. The highest BCUT2D eigenvalue weighted by atomic mass is 33.1. The Morgan fingerprint density at radius 3 is 2.12 bits per heavy atom. The highest BCUT2D eigenvalue weighted by Gasteiger charge is 2.27. The van der Waals surface area contributed by atoms with Gasteiger partial charge in [0.05, 0.1) is 5.37 Å². The number of hydrogen-bond donors (Lipinski definition) is 0. The first kappa shape index (κ1) is 6.78. The maximum Gasteiger partial charge on any atom is 0.0754 e. The van der Waals surface area contributed by atoms with Gasteiger partial charge in [0.1, 0.15) is 0 Å². The van der Waals surface area contributed by atoms with Crippen LogP contribution in [-0.2, 0) is 0 Å². The van der Waals surface area contributed by atoms with Crippen LogP contribution in [0.1, 0.15) is 20.8 Å². The lowest BCUT2D eigenvalue weighted by atomic mass is 10.4. The summed E-state index contributed by atoms with van der Waals surface area (Å²) in [6.07, 6.45) is 0. The molecule has 0 amide bonds. The summed E-state index contributed by atoms with van der Waals surface area (Å²) in [4.78, 5) is 0. The standard InChI is InChI=1S/C5H11NS2/c1-4(2)6-5(3)7-8-6/h4-5H,1-3H3. The molecule has 0 saturated carbocycles. The number of hydrogen-bond acceptors (Lipinski definition) is 3. The van der Waals surface area contributed by atoms with Crippen molar-refractivity contribution in [1.29, 1.82) is 0 Å². The lowest BCUT2D eigenvalue weighted by Crippen LogP contribution is -2.35. The Morgan fingerprint density at radius 1 is 1.50 bits per heavy atom. The molecule has 0 aromatic rings. The van der Waals surface area contributed by atoms with Gasteiger partial charge in [-0.3, -0.25) is 0 Å². The Labute approximate surface area is 58.7 Å². The molecule has 0 bridgehead atoms. The van der Waals surface area contributed by atoms with E-state index in [0.29, 0.717) is 6.04 Å². The predicted molar refractivity (Wildman–Crippen MR) is 41.6 cm³/mol. The molecule has 0 aliphatic carbocycles. The van der Waals surface area contributed by atoms with Crippen LogP contribution < -0.4 is 0 Å². The van der Waals surface area contributed by atoms with E-state index in [1.54, 1.807) is 0 Å². The summed E-state index contributed by atoms with van der Waals surface area (Å²) in [5.41, 5.74) is 0. The molecule has 1 rings (SSSR count). The first-order valence-corrected chi connectivity index (χ1v) is 5.00. The van der Waals surface area contributed by atoms with Gasteiger partial charge in [-0.2, -0.15) is 0 Å². The SMILES string of the molecule is CC(C)N1SSC1C. The minimum absolute atomic E-state index is 0.705. The fraction of sp³-hybridized carbons (Fsp3) is 1.00. The van der Waals surface area contributed by atoms with E-state index in [2.05, 4.69) is 25.1 Å². The third-order valence-electron chi connectivity index (χ3n) is 1.14. The zero-order valence-electron chi connectivity index (χ0n) is 5.42. The zero-order valence-corrected chi connectivity index (χ0v) is 7.05. The molecule has 1 heterocycles. The summed E-state index contributed by atoms with van der Waals surface area (Å²) in [7, 11) is 3.81. The van der Waals surface area contributed by atoms with Crippen LogP contribution in [0.4, 0.5) is 0 Å². The average molecular weight is 149 g/mol. The van der Waals surface area contributed by atoms with E-state index in [9.17, 15) is 0 Å². The maximum absolute atomic E-state index is 2.39. The van der Waals surface area contributed by atoms with Crippen LogP contribution in [0.15, 0.2) is 0 Å². The van der Waals surface area contributed by atoms with Crippen molar-refractivity contribution >= 4 is 21.8 Å². The third kappa shape index (κ3) is 1.14. The first-order chi connectivity index (χ1) is 3.72. The van der Waals surface area contributed by atoms with Crippen LogP contribution in [-0.4, -0.2) is 15.7 Å². The highest BCUT2D eigenvalue weighted by molar-refractivity contribution is 8.78. The van der Waals surface area contributed by atoms with Gasteiger partial charge < -0.3 is 0 Å². The van der Waals surface area contributed by atoms with Crippen molar-refractivity contribution < 1.29 is 0 Å². The fourth-order valence-electron chi connectivity index (χ4n) is 0.685. The minimum atomic E-state index is 0.705. The molecule has 0 radical (unpaired) electrons. The Bertz CT molecular complexity index is 79.7. The predicted octanol–water partition coefficient (Wildman–Crippen LogP) is 2.35. The van der Waals surface area contributed by atoms with Gasteiger partial charge in [-0.15, -0.1) is 0 Å². The molecule has 8 heavy (non-hydrogen) atoms. The molecule has 0 spiro atoms. The van der Waals surface area contributed by atoms with E-state index >= 15 is 0 Å². The molecule has 1 unspecified atom stereocenters. The fourth-order valence-corrected chi connectivity index (χ4v) is 3.05. The lowest BCUT2D eigenvalue weighted by molar-refractivity contribution is 0.386. The quantitative estimate of drug-likeness (QED) is 0.416. The van der Waals surface area contributed by atoms with Crippen molar-refractivity contribution in [3.63, 3.8) is 0 Å². The molecule has 0 aromatic heterocycles. The van der Waals surface area contributed by atoms with Gasteiger partial charge >= 0.3 is 0 Å². The molecule has 3 heteroatoms. The number of nitrogens with zero attached hydrogens (tertiary/aromatic N) is 1. The van der Waals surface area contributed by atoms with E-state index in [1.165, 1.54) is 0 Å². The Hall–Kier alpha value is 0.660. The molecule has 1 atom stereocenters. The Morgan fingerprint density at radius 2 is 2.12 bits per heavy atom. The summed E-state index contributed by atoms with van der Waals surface area (Å²) in [5, 5.41) is 0.736. The van der Waals surface area contributed by atoms with E-state index in [4.69, 9.17) is 0 Å². The second kappa shape index (κ2) is 2.50. The molecule has 48 valence electrons. The van der Waals surface area contributed by atoms with Crippen LogP contribution in [0.2, 0.25) is 0 Å². The zero-order chi connectivity index (χ0) is 6.15. The van der Waals surface area contributed by atoms with Crippen molar-refractivity contribution in [1.82, 2.24) is 4.31 Å². The smallest absolute Gasteiger partial charge is 0.0754 e. The molecule has 1 fully saturated rings. The largest absolute Gasteiger partial charge is 0.225 e. The van der Waals surface area contributed by atoms with Gasteiger partial charge in [-0.1, -0.05) is 10.8 Å². The lowest BCUT2D eigenvalue weighted by Gasteiger charge is -2.38. The summed E-state index contributed by atoms with van der Waals surface area (Å²) in [6, 6.07) is 0.705. The van der Waals surface area contributed by atoms with Crippen molar-refractivity contribution in [2.24, 2.45) is 0 Å². The van der Waals surface area contributed by atoms with Gasteiger partial charge in [0, 0.05) is 6.04 Å². The summed E-state index contributed by atoms with van der Waals surface area (Å²) in [6.45, 7) is 6.69. The monoisotopic (exact) mass is 149 g/mol. The third-order valence-corrected chi connectivity index (χ3v) is 4.38. The molecular formula is C5H11NS2. The van der Waals surface area contributed by atoms with Crippen LogP contribution in [0.5, 0.6) is 0 Å². The molecule has 1 aliphatic heterocycles. The summed E-state index contributed by atoms with van der Waals surface area (Å²) >= 11 is 0. The van der Waals surface area contributed by atoms with E-state index < -0.39 is 0 Å². The van der Waals surface area contributed by atoms with Crippen LogP contribution in [0.25, 0.3) is 0 Å². The molecule has 1 nitrogen and oxygen atoms in total. The van der Waals surface area contributed by atoms with E-state index in [0.717, 1.165) is 5.37 Å². The van der Waals surface area contributed by atoms with Crippen molar-refractivity contribution in [2.75, 3.05) is 0 Å². The topological polar surface area (TPSA) is 3.24 Å². The van der Waals surface area contributed by atoms with Crippen LogP contribution in [0.3, 0.4) is 0 Å². The van der Waals surface area contributed by atoms with Gasteiger partial charge in [0.25, 0.3) is 0 Å². The van der Waals surface area contributed by atoms with E-state index in [-0.39, 0.29) is 0 Å². The van der Waals surface area contributed by atoms with Gasteiger partial charge in [-0.25, -0.2) is 4.31 Å². The van der Waals surface area contributed by atoms with E-state index in [1.807, 2.05) is 21.8 Å². The van der Waals surface area contributed by atoms with Crippen molar-refractivity contribution in [3.8, 4) is 0 Å². The second-order valence-electron chi connectivity index (χ2n) is 2.22. The summed E-state index contributed by atoms with van der Waals surface area (Å²) < 4.78 is 2.39. The minimum Gasteiger partial charge on any atom is -0.225 e. The Balaban J connectivity index is 2.26. The first-order valence-electron chi connectivity index (χ1n) is 2.83.